The topological polar surface area (TPSA) is 39.3 Å². The Hall–Kier alpha value is -1.88. The predicted molar refractivity (Wildman–Crippen MR) is 92.5 cm³/mol. The molecule has 2 aliphatic rings. The van der Waals surface area contributed by atoms with Crippen LogP contribution in [0.4, 0.5) is 4.39 Å². The van der Waals surface area contributed by atoms with Crippen LogP contribution >= 0.6 is 0 Å². The van der Waals surface area contributed by atoms with Crippen LogP contribution in [0, 0.1) is 0 Å². The number of rotatable bonds is 3. The molecule has 1 amide bonds. The van der Waals surface area contributed by atoms with Crippen LogP contribution in [0.2, 0.25) is 0 Å². The van der Waals surface area contributed by atoms with Gasteiger partial charge in [0.05, 0.1) is 0 Å². The Morgan fingerprint density at radius 1 is 1.17 bits per heavy atom. The van der Waals surface area contributed by atoms with E-state index in [-0.39, 0.29) is 12.5 Å². The second-order valence-electron chi connectivity index (χ2n) is 7.18. The zero-order valence-electron chi connectivity index (χ0n) is 13.9. The Labute approximate surface area is 141 Å². The minimum atomic E-state index is -1.71. The number of amides is 1. The Morgan fingerprint density at radius 2 is 2.00 bits per heavy atom. The number of fused-ring (bicyclic) bond motifs is 1. The van der Waals surface area contributed by atoms with Gasteiger partial charge in [-0.15, -0.1) is 0 Å². The molecule has 0 saturated carbocycles. The van der Waals surface area contributed by atoms with E-state index in [4.69, 9.17) is 0 Å². The number of hydrogen-bond acceptors (Lipinski definition) is 2. The van der Waals surface area contributed by atoms with Crippen molar-refractivity contribution >= 4 is 16.8 Å². The van der Waals surface area contributed by atoms with E-state index in [1.165, 1.54) is 10.9 Å². The predicted octanol–water partition coefficient (Wildman–Crippen LogP) is 3.09. The standard InChI is InChI=1S/C19H24FN3O/c20-19(18(24)23-10-1-2-11-23)7-3-9-22(14-19)13-15-4-5-17-16(12-15)6-8-21-17/h4-6,8,12,21H,1-3,7,9-11,13-14H2. The molecule has 0 radical (unpaired) electrons. The highest BCUT2D eigenvalue weighted by Gasteiger charge is 2.45. The van der Waals surface area contributed by atoms with E-state index >= 15 is 4.39 Å². The number of carbonyl (C=O) groups excluding carboxylic acids is 1. The van der Waals surface area contributed by atoms with Crippen molar-refractivity contribution in [3.05, 3.63) is 36.0 Å². The third kappa shape index (κ3) is 2.93. The van der Waals surface area contributed by atoms with Gasteiger partial charge in [-0.1, -0.05) is 6.07 Å². The molecule has 24 heavy (non-hydrogen) atoms. The molecule has 3 heterocycles. The molecule has 1 N–H and O–H groups in total. The molecular formula is C19H24FN3O. The summed E-state index contributed by atoms with van der Waals surface area (Å²) in [5.41, 5.74) is 0.572. The van der Waals surface area contributed by atoms with Gasteiger partial charge in [0, 0.05) is 37.9 Å². The minimum Gasteiger partial charge on any atom is -0.361 e. The number of nitrogens with one attached hydrogen (secondary N) is 1. The molecule has 128 valence electrons. The van der Waals surface area contributed by atoms with Gasteiger partial charge in [0.15, 0.2) is 0 Å². The summed E-state index contributed by atoms with van der Waals surface area (Å²) in [6.07, 6.45) is 5.03. The SMILES string of the molecule is O=C(N1CCCC1)C1(F)CCCN(Cc2ccc3[nH]ccc3c2)C1. The molecule has 2 aromatic rings. The van der Waals surface area contributed by atoms with E-state index in [0.29, 0.717) is 26.1 Å². The van der Waals surface area contributed by atoms with Crippen LogP contribution in [0.5, 0.6) is 0 Å². The molecule has 5 heteroatoms. The number of carbonyl (C=O) groups is 1. The lowest BCUT2D eigenvalue weighted by Gasteiger charge is -2.38. The first-order chi connectivity index (χ1) is 11.6. The molecule has 0 spiro atoms. The van der Waals surface area contributed by atoms with Gasteiger partial charge in [-0.05, 0) is 61.4 Å². The molecule has 0 bridgehead atoms. The number of aromatic amines is 1. The molecule has 1 unspecified atom stereocenters. The summed E-state index contributed by atoms with van der Waals surface area (Å²) in [7, 11) is 0. The molecule has 2 saturated heterocycles. The normalized spacial score (nSPS) is 25.5. The first kappa shape index (κ1) is 15.6. The Kier molecular flexibility index (Phi) is 4.04. The average molecular weight is 329 g/mol. The lowest BCUT2D eigenvalue weighted by Crippen LogP contribution is -2.54. The first-order valence-corrected chi connectivity index (χ1v) is 8.91. The summed E-state index contributed by atoms with van der Waals surface area (Å²) in [6.45, 7) is 3.20. The van der Waals surface area contributed by atoms with Crippen LogP contribution in [0.3, 0.4) is 0 Å². The number of piperidine rings is 1. The van der Waals surface area contributed by atoms with Crippen molar-refractivity contribution in [2.75, 3.05) is 26.2 Å². The smallest absolute Gasteiger partial charge is 0.261 e. The second-order valence-corrected chi connectivity index (χ2v) is 7.18. The van der Waals surface area contributed by atoms with Crippen molar-refractivity contribution in [3.8, 4) is 0 Å². The number of hydrogen-bond donors (Lipinski definition) is 1. The molecular weight excluding hydrogens is 305 g/mol. The molecule has 0 aliphatic carbocycles. The summed E-state index contributed by atoms with van der Waals surface area (Å²) < 4.78 is 15.3. The number of benzene rings is 1. The number of alkyl halides is 1. The summed E-state index contributed by atoms with van der Waals surface area (Å²) in [4.78, 5) is 19.6. The summed E-state index contributed by atoms with van der Waals surface area (Å²) >= 11 is 0. The van der Waals surface area contributed by atoms with Crippen LogP contribution in [0.1, 0.15) is 31.2 Å². The molecule has 1 aromatic carbocycles. The summed E-state index contributed by atoms with van der Waals surface area (Å²) in [6, 6.07) is 8.33. The van der Waals surface area contributed by atoms with Gasteiger partial charge in [-0.25, -0.2) is 4.39 Å². The van der Waals surface area contributed by atoms with E-state index in [1.54, 1.807) is 4.90 Å². The highest BCUT2D eigenvalue weighted by Crippen LogP contribution is 2.30. The molecule has 4 rings (SSSR count). The zero-order valence-corrected chi connectivity index (χ0v) is 13.9. The number of likely N-dealkylation sites (tertiary alicyclic amines) is 2. The maximum Gasteiger partial charge on any atom is 0.261 e. The summed E-state index contributed by atoms with van der Waals surface area (Å²) in [5, 5.41) is 1.17. The van der Waals surface area contributed by atoms with Gasteiger partial charge in [0.25, 0.3) is 5.91 Å². The van der Waals surface area contributed by atoms with Crippen LogP contribution < -0.4 is 0 Å². The number of halogens is 1. The lowest BCUT2D eigenvalue weighted by molar-refractivity contribution is -0.147. The van der Waals surface area contributed by atoms with Crippen molar-refractivity contribution in [3.63, 3.8) is 0 Å². The molecule has 2 fully saturated rings. The Bertz CT molecular complexity index is 737. The van der Waals surface area contributed by atoms with Crippen molar-refractivity contribution in [2.45, 2.75) is 37.9 Å². The van der Waals surface area contributed by atoms with Gasteiger partial charge in [0.2, 0.25) is 5.67 Å². The van der Waals surface area contributed by atoms with E-state index in [9.17, 15) is 4.79 Å². The van der Waals surface area contributed by atoms with Gasteiger partial charge >= 0.3 is 0 Å². The third-order valence-electron chi connectivity index (χ3n) is 5.32. The highest BCUT2D eigenvalue weighted by atomic mass is 19.1. The van der Waals surface area contributed by atoms with Crippen molar-refractivity contribution in [1.29, 1.82) is 0 Å². The van der Waals surface area contributed by atoms with E-state index in [0.717, 1.165) is 31.3 Å². The van der Waals surface area contributed by atoms with Crippen molar-refractivity contribution < 1.29 is 9.18 Å². The average Bonchev–Trinajstić information content (AvgIpc) is 3.25. The fraction of sp³-hybridized carbons (Fsp3) is 0.526. The van der Waals surface area contributed by atoms with E-state index in [2.05, 4.69) is 28.1 Å². The molecule has 2 aliphatic heterocycles. The number of aromatic nitrogens is 1. The Morgan fingerprint density at radius 3 is 2.83 bits per heavy atom. The van der Waals surface area contributed by atoms with E-state index < -0.39 is 5.67 Å². The van der Waals surface area contributed by atoms with Gasteiger partial charge in [-0.3, -0.25) is 9.69 Å². The third-order valence-corrected chi connectivity index (χ3v) is 5.32. The zero-order chi connectivity index (χ0) is 16.6. The quantitative estimate of drug-likeness (QED) is 0.940. The maximum absolute atomic E-state index is 15.3. The molecule has 1 aromatic heterocycles. The maximum atomic E-state index is 15.3. The van der Waals surface area contributed by atoms with Gasteiger partial charge < -0.3 is 9.88 Å². The second kappa shape index (κ2) is 6.20. The van der Waals surface area contributed by atoms with Crippen LogP contribution in [-0.4, -0.2) is 52.5 Å². The van der Waals surface area contributed by atoms with Gasteiger partial charge in [-0.2, -0.15) is 0 Å². The van der Waals surface area contributed by atoms with E-state index in [1.807, 2.05) is 12.3 Å². The van der Waals surface area contributed by atoms with Crippen LogP contribution in [-0.2, 0) is 11.3 Å². The van der Waals surface area contributed by atoms with Crippen molar-refractivity contribution in [1.82, 2.24) is 14.8 Å². The number of H-pyrrole nitrogens is 1. The molecule has 4 nitrogen and oxygen atoms in total. The number of nitrogens with zero attached hydrogens (tertiary/aromatic N) is 2. The Balaban J connectivity index is 1.46. The fourth-order valence-electron chi connectivity index (χ4n) is 4.07. The van der Waals surface area contributed by atoms with Crippen LogP contribution in [0.15, 0.2) is 30.5 Å². The highest BCUT2D eigenvalue weighted by molar-refractivity contribution is 5.86. The monoisotopic (exact) mass is 329 g/mol. The minimum absolute atomic E-state index is 0.216. The van der Waals surface area contributed by atoms with Gasteiger partial charge in [0.1, 0.15) is 0 Å². The fourth-order valence-corrected chi connectivity index (χ4v) is 4.07. The summed E-state index contributed by atoms with van der Waals surface area (Å²) in [5.74, 6) is -0.286. The first-order valence-electron chi connectivity index (χ1n) is 8.91. The lowest BCUT2D eigenvalue weighted by atomic mass is 9.92. The molecule has 1 atom stereocenters. The van der Waals surface area contributed by atoms with Crippen LogP contribution in [0.25, 0.3) is 10.9 Å². The largest absolute Gasteiger partial charge is 0.361 e. The van der Waals surface area contributed by atoms with Crippen molar-refractivity contribution in [2.24, 2.45) is 0 Å².